The lowest BCUT2D eigenvalue weighted by molar-refractivity contribution is -0.154. The first-order valence-corrected chi connectivity index (χ1v) is 7.14. The van der Waals surface area contributed by atoms with Crippen molar-refractivity contribution in [2.45, 2.75) is 13.3 Å². The first kappa shape index (κ1) is 19.6. The molecule has 25 heavy (non-hydrogen) atoms. The first-order valence-electron chi connectivity index (χ1n) is 7.14. The van der Waals surface area contributed by atoms with Crippen molar-refractivity contribution in [1.29, 1.82) is 0 Å². The van der Waals surface area contributed by atoms with Gasteiger partial charge in [-0.3, -0.25) is 9.59 Å². The standard InChI is InChI=1S/C12H8O4.C5H8O4/c13-11(14)9-6-5-7-3-1-2-4-8(7)10(9)12(15)16;1-2-3(4(6)7)5(8)9/h1-6H,(H,13,14)(H,15,16);3H,2H2,1H3,(H,6,7)(H,8,9). The Kier molecular flexibility index (Phi) is 6.62. The van der Waals surface area contributed by atoms with Crippen molar-refractivity contribution in [3.63, 3.8) is 0 Å². The van der Waals surface area contributed by atoms with Gasteiger partial charge in [0.1, 0.15) is 0 Å². The molecule has 8 heteroatoms. The van der Waals surface area contributed by atoms with Gasteiger partial charge in [0.15, 0.2) is 5.92 Å². The van der Waals surface area contributed by atoms with Crippen LogP contribution in [0.15, 0.2) is 36.4 Å². The van der Waals surface area contributed by atoms with Crippen molar-refractivity contribution in [2.75, 3.05) is 0 Å². The number of benzene rings is 2. The zero-order valence-corrected chi connectivity index (χ0v) is 13.2. The molecule has 0 aromatic heterocycles. The number of carboxylic acid groups (broad SMARTS) is 4. The molecule has 0 bridgehead atoms. The van der Waals surface area contributed by atoms with Gasteiger partial charge in [0.2, 0.25) is 0 Å². The number of carbonyl (C=O) groups is 4. The highest BCUT2D eigenvalue weighted by Crippen LogP contribution is 2.22. The van der Waals surface area contributed by atoms with Gasteiger partial charge in [0, 0.05) is 0 Å². The summed E-state index contributed by atoms with van der Waals surface area (Å²) in [5.74, 6) is -6.25. The molecule has 2 aromatic rings. The van der Waals surface area contributed by atoms with E-state index in [1.807, 2.05) is 0 Å². The number of carboxylic acids is 4. The first-order chi connectivity index (χ1) is 11.7. The maximum atomic E-state index is 11.1. The van der Waals surface area contributed by atoms with E-state index in [1.54, 1.807) is 30.3 Å². The maximum Gasteiger partial charge on any atom is 0.337 e. The average Bonchev–Trinajstić information content (AvgIpc) is 2.53. The molecule has 132 valence electrons. The van der Waals surface area contributed by atoms with Crippen LogP contribution in [0.5, 0.6) is 0 Å². The van der Waals surface area contributed by atoms with Crippen molar-refractivity contribution in [3.8, 4) is 0 Å². The van der Waals surface area contributed by atoms with Crippen LogP contribution in [0.3, 0.4) is 0 Å². The molecule has 0 aliphatic carbocycles. The Morgan fingerprint density at radius 3 is 1.80 bits per heavy atom. The third-order valence-electron chi connectivity index (χ3n) is 3.38. The Balaban J connectivity index is 0.000000299. The van der Waals surface area contributed by atoms with Gasteiger partial charge in [-0.25, -0.2) is 9.59 Å². The summed E-state index contributed by atoms with van der Waals surface area (Å²) >= 11 is 0. The highest BCUT2D eigenvalue weighted by atomic mass is 16.4. The fourth-order valence-corrected chi connectivity index (χ4v) is 2.14. The van der Waals surface area contributed by atoms with E-state index in [-0.39, 0.29) is 17.5 Å². The smallest absolute Gasteiger partial charge is 0.337 e. The lowest BCUT2D eigenvalue weighted by Crippen LogP contribution is -2.21. The zero-order valence-electron chi connectivity index (χ0n) is 13.2. The predicted molar refractivity (Wildman–Crippen MR) is 86.9 cm³/mol. The Hall–Kier alpha value is -3.42. The minimum atomic E-state index is -1.27. The van der Waals surface area contributed by atoms with Gasteiger partial charge >= 0.3 is 23.9 Å². The molecule has 2 rings (SSSR count). The third-order valence-corrected chi connectivity index (χ3v) is 3.38. The highest BCUT2D eigenvalue weighted by molar-refractivity contribution is 6.11. The van der Waals surface area contributed by atoms with E-state index in [4.69, 9.17) is 20.4 Å². The highest BCUT2D eigenvalue weighted by Gasteiger charge is 2.22. The van der Waals surface area contributed by atoms with E-state index in [2.05, 4.69) is 0 Å². The lowest BCUT2D eigenvalue weighted by Gasteiger charge is -2.05. The molecule has 0 aliphatic heterocycles. The molecular formula is C17H16O8. The van der Waals surface area contributed by atoms with Gasteiger partial charge < -0.3 is 20.4 Å². The summed E-state index contributed by atoms with van der Waals surface area (Å²) < 4.78 is 0. The molecule has 0 aliphatic rings. The summed E-state index contributed by atoms with van der Waals surface area (Å²) in [6.45, 7) is 1.52. The van der Waals surface area contributed by atoms with E-state index in [9.17, 15) is 19.2 Å². The van der Waals surface area contributed by atoms with Crippen molar-refractivity contribution in [1.82, 2.24) is 0 Å². The van der Waals surface area contributed by atoms with Crippen LogP contribution >= 0.6 is 0 Å². The van der Waals surface area contributed by atoms with Crippen molar-refractivity contribution >= 4 is 34.6 Å². The molecule has 0 saturated heterocycles. The van der Waals surface area contributed by atoms with Gasteiger partial charge in [0.25, 0.3) is 0 Å². The Labute approximate surface area is 141 Å². The SMILES string of the molecule is CCC(C(=O)O)C(=O)O.O=C(O)c1ccc2ccccc2c1C(=O)O. The minimum absolute atomic E-state index is 0.130. The maximum absolute atomic E-state index is 11.1. The van der Waals surface area contributed by atoms with Gasteiger partial charge in [-0.15, -0.1) is 0 Å². The molecule has 0 saturated carbocycles. The summed E-state index contributed by atoms with van der Waals surface area (Å²) in [7, 11) is 0. The largest absolute Gasteiger partial charge is 0.481 e. The van der Waals surface area contributed by atoms with Crippen LogP contribution in [0.25, 0.3) is 10.8 Å². The molecule has 4 N–H and O–H groups in total. The van der Waals surface area contributed by atoms with E-state index in [0.29, 0.717) is 10.8 Å². The lowest BCUT2D eigenvalue weighted by atomic mass is 9.99. The van der Waals surface area contributed by atoms with Crippen molar-refractivity contribution < 1.29 is 39.6 Å². The number of hydrogen-bond donors (Lipinski definition) is 4. The second-order valence-corrected chi connectivity index (χ2v) is 4.96. The Bertz CT molecular complexity index is 811. The van der Waals surface area contributed by atoms with Crippen molar-refractivity contribution in [3.05, 3.63) is 47.5 Å². The number of aliphatic carboxylic acids is 2. The summed E-state index contributed by atoms with van der Waals surface area (Å²) in [5, 5.41) is 35.4. The molecule has 2 aromatic carbocycles. The van der Waals surface area contributed by atoms with Gasteiger partial charge in [-0.05, 0) is 23.3 Å². The van der Waals surface area contributed by atoms with Crippen molar-refractivity contribution in [2.24, 2.45) is 5.92 Å². The fourth-order valence-electron chi connectivity index (χ4n) is 2.14. The van der Waals surface area contributed by atoms with Crippen LogP contribution < -0.4 is 0 Å². The average molecular weight is 348 g/mol. The van der Waals surface area contributed by atoms with E-state index >= 15 is 0 Å². The molecule has 0 radical (unpaired) electrons. The van der Waals surface area contributed by atoms with Gasteiger partial charge in [-0.2, -0.15) is 0 Å². The Morgan fingerprint density at radius 2 is 1.40 bits per heavy atom. The van der Waals surface area contributed by atoms with Gasteiger partial charge in [-0.1, -0.05) is 37.3 Å². The van der Waals surface area contributed by atoms with E-state index in [0.717, 1.165) is 0 Å². The van der Waals surface area contributed by atoms with Crippen LogP contribution in [0.2, 0.25) is 0 Å². The summed E-state index contributed by atoms with van der Waals surface area (Å²) in [4.78, 5) is 42.0. The van der Waals surface area contributed by atoms with Gasteiger partial charge in [0.05, 0.1) is 11.1 Å². The summed E-state index contributed by atoms with van der Waals surface area (Å²) in [6.07, 6.45) is 0.130. The van der Waals surface area contributed by atoms with Crippen LogP contribution in [0.1, 0.15) is 34.1 Å². The van der Waals surface area contributed by atoms with Crippen LogP contribution in [0.4, 0.5) is 0 Å². The molecule has 0 amide bonds. The third kappa shape index (κ3) is 4.77. The molecular weight excluding hydrogens is 332 g/mol. The van der Waals surface area contributed by atoms with Crippen LogP contribution in [-0.2, 0) is 9.59 Å². The molecule has 0 heterocycles. The number of aromatic carboxylic acids is 2. The second-order valence-electron chi connectivity index (χ2n) is 4.96. The number of rotatable bonds is 5. The fraction of sp³-hybridized carbons (Fsp3) is 0.176. The monoisotopic (exact) mass is 348 g/mol. The van der Waals surface area contributed by atoms with Crippen LogP contribution in [0, 0.1) is 5.92 Å². The normalized spacial score (nSPS) is 10.0. The number of fused-ring (bicyclic) bond motifs is 1. The predicted octanol–water partition coefficient (Wildman–Crippen LogP) is 2.42. The number of hydrogen-bond acceptors (Lipinski definition) is 4. The molecule has 0 unspecified atom stereocenters. The minimum Gasteiger partial charge on any atom is -0.481 e. The molecule has 8 nitrogen and oxygen atoms in total. The van der Waals surface area contributed by atoms with E-state index in [1.165, 1.54) is 13.0 Å². The summed E-state index contributed by atoms with van der Waals surface area (Å²) in [6, 6.07) is 9.72. The zero-order chi connectivity index (χ0) is 19.1. The summed E-state index contributed by atoms with van der Waals surface area (Å²) in [5.41, 5.74) is -0.350. The van der Waals surface area contributed by atoms with Crippen LogP contribution in [-0.4, -0.2) is 44.3 Å². The topological polar surface area (TPSA) is 149 Å². The molecule has 0 spiro atoms. The van der Waals surface area contributed by atoms with E-state index < -0.39 is 29.8 Å². The second kappa shape index (κ2) is 8.44. The quantitative estimate of drug-likeness (QED) is 0.602. The Morgan fingerprint density at radius 1 is 0.840 bits per heavy atom. The molecule has 0 atom stereocenters. The molecule has 0 fully saturated rings.